The third-order valence-corrected chi connectivity index (χ3v) is 2.67. The van der Waals surface area contributed by atoms with E-state index in [1.165, 1.54) is 5.56 Å². The van der Waals surface area contributed by atoms with Crippen molar-refractivity contribution in [3.8, 4) is 0 Å². The zero-order valence-electron chi connectivity index (χ0n) is 12.3. The number of hydrogen-bond donors (Lipinski definition) is 2. The van der Waals surface area contributed by atoms with Gasteiger partial charge in [-0.2, -0.15) is 0 Å². The van der Waals surface area contributed by atoms with Crippen LogP contribution in [0, 0.1) is 0 Å². The molecule has 0 bridgehead atoms. The Morgan fingerprint density at radius 2 is 1.79 bits per heavy atom. The number of rotatable bonds is 6. The molecule has 1 aromatic carbocycles. The second kappa shape index (κ2) is 7.79. The molecule has 19 heavy (non-hydrogen) atoms. The number of nitrogens with zero attached hydrogens (tertiary/aromatic N) is 1. The Labute approximate surface area is 116 Å². The first-order valence-electron chi connectivity index (χ1n) is 6.73. The molecule has 2 amide bonds. The molecule has 106 valence electrons. The molecule has 0 radical (unpaired) electrons. The lowest BCUT2D eigenvalue weighted by atomic mass is 10.1. The monoisotopic (exact) mass is 263 g/mol. The predicted molar refractivity (Wildman–Crippen MR) is 79.3 cm³/mol. The fourth-order valence-corrected chi connectivity index (χ4v) is 1.99. The van der Waals surface area contributed by atoms with Crippen LogP contribution in [0.25, 0.3) is 0 Å². The highest BCUT2D eigenvalue weighted by Crippen LogP contribution is 2.04. The van der Waals surface area contributed by atoms with E-state index in [0.717, 1.165) is 13.0 Å². The number of urea groups is 1. The van der Waals surface area contributed by atoms with Crippen LogP contribution in [0.15, 0.2) is 30.3 Å². The molecule has 0 saturated carbocycles. The number of nitrogens with one attached hydrogen (secondary N) is 2. The molecule has 0 spiro atoms. The van der Waals surface area contributed by atoms with E-state index in [-0.39, 0.29) is 18.1 Å². The van der Waals surface area contributed by atoms with Crippen LogP contribution in [0.1, 0.15) is 19.4 Å². The maximum Gasteiger partial charge on any atom is 0.315 e. The van der Waals surface area contributed by atoms with Crippen molar-refractivity contribution >= 4 is 6.03 Å². The van der Waals surface area contributed by atoms with Gasteiger partial charge >= 0.3 is 6.03 Å². The first kappa shape index (κ1) is 15.5. The van der Waals surface area contributed by atoms with E-state index in [1.54, 1.807) is 0 Å². The Hall–Kier alpha value is -1.55. The van der Waals surface area contributed by atoms with Crippen molar-refractivity contribution in [1.29, 1.82) is 0 Å². The van der Waals surface area contributed by atoms with Crippen LogP contribution >= 0.6 is 0 Å². The molecule has 0 aliphatic rings. The summed E-state index contributed by atoms with van der Waals surface area (Å²) in [5.74, 6) is 0. The molecule has 0 saturated heterocycles. The van der Waals surface area contributed by atoms with Gasteiger partial charge in [-0.1, -0.05) is 30.3 Å². The van der Waals surface area contributed by atoms with E-state index in [9.17, 15) is 4.79 Å². The summed E-state index contributed by atoms with van der Waals surface area (Å²) in [6, 6.07) is 10.4. The van der Waals surface area contributed by atoms with Crippen LogP contribution in [0.2, 0.25) is 0 Å². The Kier molecular flexibility index (Phi) is 6.36. The molecule has 4 nitrogen and oxygen atoms in total. The normalized spacial score (nSPS) is 12.5. The molecular weight excluding hydrogens is 238 g/mol. The highest BCUT2D eigenvalue weighted by molar-refractivity contribution is 5.74. The zero-order valence-corrected chi connectivity index (χ0v) is 12.3. The Morgan fingerprint density at radius 3 is 2.32 bits per heavy atom. The number of carbonyl (C=O) groups is 1. The van der Waals surface area contributed by atoms with Crippen LogP contribution < -0.4 is 10.6 Å². The van der Waals surface area contributed by atoms with Gasteiger partial charge in [-0.05, 0) is 39.9 Å². The summed E-state index contributed by atoms with van der Waals surface area (Å²) in [6.45, 7) is 4.73. The van der Waals surface area contributed by atoms with Crippen molar-refractivity contribution in [2.75, 3.05) is 20.6 Å². The molecule has 0 aliphatic carbocycles. The zero-order chi connectivity index (χ0) is 14.3. The van der Waals surface area contributed by atoms with E-state index < -0.39 is 0 Å². The summed E-state index contributed by atoms with van der Waals surface area (Å²) in [5, 5.41) is 5.90. The first-order valence-corrected chi connectivity index (χ1v) is 6.73. The van der Waals surface area contributed by atoms with Gasteiger partial charge < -0.3 is 15.5 Å². The summed E-state index contributed by atoms with van der Waals surface area (Å²) in [6.07, 6.45) is 0.838. The molecule has 1 rings (SSSR count). The molecule has 1 unspecified atom stereocenters. The van der Waals surface area contributed by atoms with Gasteiger partial charge in [-0.15, -0.1) is 0 Å². The number of benzene rings is 1. The Balaban J connectivity index is 2.59. The van der Waals surface area contributed by atoms with Crippen LogP contribution in [0.3, 0.4) is 0 Å². The molecule has 0 aliphatic heterocycles. The van der Waals surface area contributed by atoms with E-state index in [0.29, 0.717) is 0 Å². The quantitative estimate of drug-likeness (QED) is 0.823. The van der Waals surface area contributed by atoms with Crippen LogP contribution in [0.5, 0.6) is 0 Å². The van der Waals surface area contributed by atoms with Crippen molar-refractivity contribution in [3.63, 3.8) is 0 Å². The van der Waals surface area contributed by atoms with Crippen molar-refractivity contribution in [2.24, 2.45) is 0 Å². The number of amides is 2. The molecule has 2 N–H and O–H groups in total. The van der Waals surface area contributed by atoms with Crippen molar-refractivity contribution < 1.29 is 4.79 Å². The maximum absolute atomic E-state index is 11.8. The van der Waals surface area contributed by atoms with Crippen LogP contribution in [-0.4, -0.2) is 43.7 Å². The topological polar surface area (TPSA) is 44.4 Å². The minimum absolute atomic E-state index is 0.0993. The largest absolute Gasteiger partial charge is 0.336 e. The lowest BCUT2D eigenvalue weighted by molar-refractivity contribution is 0.230. The van der Waals surface area contributed by atoms with E-state index in [4.69, 9.17) is 0 Å². The fourth-order valence-electron chi connectivity index (χ4n) is 1.99. The predicted octanol–water partition coefficient (Wildman–Crippen LogP) is 1.87. The maximum atomic E-state index is 11.8. The lowest BCUT2D eigenvalue weighted by Crippen LogP contribution is -2.49. The third kappa shape index (κ3) is 6.82. The highest BCUT2D eigenvalue weighted by atomic mass is 16.2. The molecular formula is C15H25N3O. The van der Waals surface area contributed by atoms with E-state index in [2.05, 4.69) is 27.7 Å². The van der Waals surface area contributed by atoms with Gasteiger partial charge in [0.15, 0.2) is 0 Å². The van der Waals surface area contributed by atoms with Gasteiger partial charge in [0, 0.05) is 18.6 Å². The molecule has 0 heterocycles. The third-order valence-electron chi connectivity index (χ3n) is 2.67. The van der Waals surface area contributed by atoms with Crippen molar-refractivity contribution in [1.82, 2.24) is 15.5 Å². The van der Waals surface area contributed by atoms with Crippen LogP contribution in [0.4, 0.5) is 4.79 Å². The Bertz CT molecular complexity index is 376. The smallest absolute Gasteiger partial charge is 0.315 e. The van der Waals surface area contributed by atoms with Gasteiger partial charge in [0.25, 0.3) is 0 Å². The summed E-state index contributed by atoms with van der Waals surface area (Å²) in [4.78, 5) is 13.9. The summed E-state index contributed by atoms with van der Waals surface area (Å²) < 4.78 is 0. The molecule has 1 aromatic rings. The highest BCUT2D eigenvalue weighted by Gasteiger charge is 2.14. The molecule has 0 aromatic heterocycles. The minimum Gasteiger partial charge on any atom is -0.336 e. The summed E-state index contributed by atoms with van der Waals surface area (Å²) in [7, 11) is 4.03. The number of carbonyl (C=O) groups excluding carboxylic acids is 1. The molecule has 4 heteroatoms. The van der Waals surface area contributed by atoms with Crippen molar-refractivity contribution in [3.05, 3.63) is 35.9 Å². The summed E-state index contributed by atoms with van der Waals surface area (Å²) >= 11 is 0. The molecule has 1 atom stereocenters. The van der Waals surface area contributed by atoms with E-state index >= 15 is 0 Å². The van der Waals surface area contributed by atoms with Gasteiger partial charge in [-0.25, -0.2) is 4.79 Å². The second-order valence-corrected chi connectivity index (χ2v) is 5.42. The van der Waals surface area contributed by atoms with Crippen LogP contribution in [-0.2, 0) is 6.42 Å². The average molecular weight is 263 g/mol. The summed E-state index contributed by atoms with van der Waals surface area (Å²) in [5.41, 5.74) is 1.24. The van der Waals surface area contributed by atoms with Gasteiger partial charge in [0.05, 0.1) is 0 Å². The molecule has 0 fully saturated rings. The first-order chi connectivity index (χ1) is 8.97. The fraction of sp³-hybridized carbons (Fsp3) is 0.533. The van der Waals surface area contributed by atoms with Gasteiger partial charge in [-0.3, -0.25) is 0 Å². The standard InChI is InChI=1S/C15H25N3O/c1-12(2)16-15(19)17-14(11-18(3)4)10-13-8-6-5-7-9-13/h5-9,12,14H,10-11H2,1-4H3,(H2,16,17,19). The van der Waals surface area contributed by atoms with Crippen molar-refractivity contribution in [2.45, 2.75) is 32.4 Å². The average Bonchev–Trinajstić information content (AvgIpc) is 2.27. The minimum atomic E-state index is -0.0993. The lowest BCUT2D eigenvalue weighted by Gasteiger charge is -2.23. The second-order valence-electron chi connectivity index (χ2n) is 5.42. The van der Waals surface area contributed by atoms with Gasteiger partial charge in [0.1, 0.15) is 0 Å². The van der Waals surface area contributed by atoms with E-state index in [1.807, 2.05) is 46.1 Å². The number of likely N-dealkylation sites (N-methyl/N-ethyl adjacent to an activating group) is 1. The van der Waals surface area contributed by atoms with Gasteiger partial charge in [0.2, 0.25) is 0 Å². The Morgan fingerprint density at radius 1 is 1.16 bits per heavy atom. The number of hydrogen-bond acceptors (Lipinski definition) is 2. The SMILES string of the molecule is CC(C)NC(=O)NC(Cc1ccccc1)CN(C)C.